The lowest BCUT2D eigenvalue weighted by Crippen LogP contribution is -2.54. The second kappa shape index (κ2) is 6.42. The van der Waals surface area contributed by atoms with Crippen LogP contribution in [0.5, 0.6) is 0 Å². The molecule has 0 aromatic carbocycles. The predicted octanol–water partition coefficient (Wildman–Crippen LogP) is 1.03. The molecular formula is C11H23ClN2O2. The van der Waals surface area contributed by atoms with Crippen molar-refractivity contribution in [3.05, 3.63) is 0 Å². The van der Waals surface area contributed by atoms with Crippen molar-refractivity contribution < 1.29 is 9.53 Å². The Morgan fingerprint density at radius 3 is 2.12 bits per heavy atom. The standard InChI is InChI=1S/C11H22N2O2.ClH/c1-7(2)10(12)11(14)13-5-8(3)15-9(4)6-13;/h7-10H,5-6,12H2,1-4H3;1H/t8-,9+,10?;. The van der Waals surface area contributed by atoms with Gasteiger partial charge in [-0.25, -0.2) is 0 Å². The van der Waals surface area contributed by atoms with E-state index in [4.69, 9.17) is 10.5 Å². The Labute approximate surface area is 104 Å². The third-order valence-electron chi connectivity index (χ3n) is 2.73. The summed E-state index contributed by atoms with van der Waals surface area (Å²) in [6.45, 7) is 9.21. The number of rotatable bonds is 2. The average molecular weight is 251 g/mol. The Morgan fingerprint density at radius 1 is 1.31 bits per heavy atom. The van der Waals surface area contributed by atoms with Gasteiger partial charge in [0, 0.05) is 13.1 Å². The normalized spacial score (nSPS) is 27.5. The van der Waals surface area contributed by atoms with Crippen LogP contribution in [0.25, 0.3) is 0 Å². The van der Waals surface area contributed by atoms with Crippen molar-refractivity contribution in [3.63, 3.8) is 0 Å². The monoisotopic (exact) mass is 250 g/mol. The van der Waals surface area contributed by atoms with Gasteiger partial charge in [-0.2, -0.15) is 0 Å². The van der Waals surface area contributed by atoms with Crippen LogP contribution in [0.15, 0.2) is 0 Å². The van der Waals surface area contributed by atoms with E-state index in [-0.39, 0.29) is 42.5 Å². The van der Waals surface area contributed by atoms with E-state index in [9.17, 15) is 4.79 Å². The van der Waals surface area contributed by atoms with Crippen molar-refractivity contribution in [3.8, 4) is 0 Å². The SMILES string of the molecule is CC(C)C(N)C(=O)N1C[C@@H](C)O[C@@H](C)C1.Cl. The summed E-state index contributed by atoms with van der Waals surface area (Å²) < 4.78 is 5.57. The van der Waals surface area contributed by atoms with E-state index in [0.717, 1.165) is 0 Å². The van der Waals surface area contributed by atoms with E-state index in [1.165, 1.54) is 0 Å². The predicted molar refractivity (Wildman–Crippen MR) is 66.7 cm³/mol. The summed E-state index contributed by atoms with van der Waals surface area (Å²) in [4.78, 5) is 13.8. The molecule has 0 aliphatic carbocycles. The Morgan fingerprint density at radius 2 is 1.75 bits per heavy atom. The fourth-order valence-electron chi connectivity index (χ4n) is 1.85. The lowest BCUT2D eigenvalue weighted by molar-refractivity contribution is -0.145. The van der Waals surface area contributed by atoms with E-state index >= 15 is 0 Å². The fraction of sp³-hybridized carbons (Fsp3) is 0.909. The maximum absolute atomic E-state index is 12.0. The Hall–Kier alpha value is -0.320. The summed E-state index contributed by atoms with van der Waals surface area (Å²) >= 11 is 0. The second-order valence-electron chi connectivity index (χ2n) is 4.77. The van der Waals surface area contributed by atoms with Crippen LogP contribution in [-0.2, 0) is 9.53 Å². The van der Waals surface area contributed by atoms with Gasteiger partial charge in [0.2, 0.25) is 5.91 Å². The van der Waals surface area contributed by atoms with Gasteiger partial charge in [-0.05, 0) is 19.8 Å². The van der Waals surface area contributed by atoms with Gasteiger partial charge in [0.05, 0.1) is 18.2 Å². The van der Waals surface area contributed by atoms with Crippen LogP contribution >= 0.6 is 12.4 Å². The minimum absolute atomic E-state index is 0. The summed E-state index contributed by atoms with van der Waals surface area (Å²) in [6.07, 6.45) is 0.217. The molecule has 0 radical (unpaired) electrons. The number of carbonyl (C=O) groups excluding carboxylic acids is 1. The molecule has 1 rings (SSSR count). The van der Waals surface area contributed by atoms with Crippen LogP contribution in [-0.4, -0.2) is 42.1 Å². The second-order valence-corrected chi connectivity index (χ2v) is 4.77. The Kier molecular flexibility index (Phi) is 6.30. The number of morpholine rings is 1. The van der Waals surface area contributed by atoms with E-state index < -0.39 is 0 Å². The number of hydrogen-bond donors (Lipinski definition) is 1. The highest BCUT2D eigenvalue weighted by Gasteiger charge is 2.29. The van der Waals surface area contributed by atoms with Crippen LogP contribution in [0, 0.1) is 5.92 Å². The molecular weight excluding hydrogens is 228 g/mol. The van der Waals surface area contributed by atoms with Gasteiger partial charge in [0.1, 0.15) is 0 Å². The van der Waals surface area contributed by atoms with Crippen LogP contribution in [0.3, 0.4) is 0 Å². The molecule has 1 heterocycles. The minimum atomic E-state index is -0.387. The lowest BCUT2D eigenvalue weighted by Gasteiger charge is -2.37. The van der Waals surface area contributed by atoms with Crippen molar-refractivity contribution in [2.75, 3.05) is 13.1 Å². The van der Waals surface area contributed by atoms with Crippen molar-refractivity contribution in [2.45, 2.75) is 45.9 Å². The number of halogens is 1. The smallest absolute Gasteiger partial charge is 0.239 e. The van der Waals surface area contributed by atoms with Crippen LogP contribution in [0.4, 0.5) is 0 Å². The van der Waals surface area contributed by atoms with Crippen molar-refractivity contribution in [2.24, 2.45) is 11.7 Å². The molecule has 96 valence electrons. The topological polar surface area (TPSA) is 55.6 Å². The molecule has 16 heavy (non-hydrogen) atoms. The third-order valence-corrected chi connectivity index (χ3v) is 2.73. The molecule has 0 saturated carbocycles. The maximum atomic E-state index is 12.0. The molecule has 0 aromatic heterocycles. The summed E-state index contributed by atoms with van der Waals surface area (Å²) in [7, 11) is 0. The number of nitrogens with two attached hydrogens (primary N) is 1. The highest BCUT2D eigenvalue weighted by Crippen LogP contribution is 2.13. The Bertz CT molecular complexity index is 226. The molecule has 1 saturated heterocycles. The molecule has 5 heteroatoms. The molecule has 0 spiro atoms. The highest BCUT2D eigenvalue weighted by molar-refractivity contribution is 5.85. The fourth-order valence-corrected chi connectivity index (χ4v) is 1.85. The molecule has 1 unspecified atom stereocenters. The maximum Gasteiger partial charge on any atom is 0.239 e. The molecule has 1 amide bonds. The van der Waals surface area contributed by atoms with E-state index in [2.05, 4.69) is 0 Å². The largest absolute Gasteiger partial charge is 0.372 e. The third kappa shape index (κ3) is 3.92. The Balaban J connectivity index is 0.00000225. The van der Waals surface area contributed by atoms with Gasteiger partial charge < -0.3 is 15.4 Å². The number of amides is 1. The number of nitrogens with zero attached hydrogens (tertiary/aromatic N) is 1. The van der Waals surface area contributed by atoms with Crippen LogP contribution < -0.4 is 5.73 Å². The number of ether oxygens (including phenoxy) is 1. The van der Waals surface area contributed by atoms with Crippen molar-refractivity contribution in [1.29, 1.82) is 0 Å². The zero-order valence-electron chi connectivity index (χ0n) is 10.5. The summed E-state index contributed by atoms with van der Waals surface area (Å²) in [6, 6.07) is -0.387. The summed E-state index contributed by atoms with van der Waals surface area (Å²) in [5.74, 6) is 0.234. The van der Waals surface area contributed by atoms with Gasteiger partial charge >= 0.3 is 0 Å². The molecule has 4 nitrogen and oxygen atoms in total. The first kappa shape index (κ1) is 15.7. The number of hydrogen-bond acceptors (Lipinski definition) is 3. The quantitative estimate of drug-likeness (QED) is 0.797. The highest BCUT2D eigenvalue weighted by atomic mass is 35.5. The average Bonchev–Trinajstić information content (AvgIpc) is 2.13. The van der Waals surface area contributed by atoms with Crippen molar-refractivity contribution >= 4 is 18.3 Å². The molecule has 0 aromatic rings. The van der Waals surface area contributed by atoms with Crippen molar-refractivity contribution in [1.82, 2.24) is 4.90 Å². The van der Waals surface area contributed by atoms with Crippen LogP contribution in [0.1, 0.15) is 27.7 Å². The van der Waals surface area contributed by atoms with Gasteiger partial charge in [-0.15, -0.1) is 12.4 Å². The first-order valence-electron chi connectivity index (χ1n) is 5.61. The van der Waals surface area contributed by atoms with E-state index in [0.29, 0.717) is 13.1 Å². The zero-order chi connectivity index (χ0) is 11.6. The number of carbonyl (C=O) groups is 1. The van der Waals surface area contributed by atoms with E-state index in [1.54, 1.807) is 0 Å². The minimum Gasteiger partial charge on any atom is -0.372 e. The first-order valence-corrected chi connectivity index (χ1v) is 5.61. The molecule has 3 atom stereocenters. The molecule has 1 aliphatic heterocycles. The first-order chi connectivity index (χ1) is 6.91. The molecule has 0 bridgehead atoms. The summed E-state index contributed by atoms with van der Waals surface area (Å²) in [5, 5.41) is 0. The van der Waals surface area contributed by atoms with Gasteiger partial charge in [-0.1, -0.05) is 13.8 Å². The zero-order valence-corrected chi connectivity index (χ0v) is 11.3. The van der Waals surface area contributed by atoms with Gasteiger partial charge in [0.15, 0.2) is 0 Å². The molecule has 2 N–H and O–H groups in total. The van der Waals surface area contributed by atoms with Gasteiger partial charge in [-0.3, -0.25) is 4.79 Å². The van der Waals surface area contributed by atoms with Gasteiger partial charge in [0.25, 0.3) is 0 Å². The van der Waals surface area contributed by atoms with E-state index in [1.807, 2.05) is 32.6 Å². The lowest BCUT2D eigenvalue weighted by atomic mass is 10.0. The summed E-state index contributed by atoms with van der Waals surface area (Å²) in [5.41, 5.74) is 5.85. The van der Waals surface area contributed by atoms with Crippen LogP contribution in [0.2, 0.25) is 0 Å². The molecule has 1 fully saturated rings. The molecule has 1 aliphatic rings.